The molecule has 0 spiro atoms. The Kier molecular flexibility index (Phi) is 5.08. The van der Waals surface area contributed by atoms with Crippen molar-refractivity contribution in [1.29, 1.82) is 0 Å². The fraction of sp³-hybridized carbons (Fsp3) is 0.600. The van der Waals surface area contributed by atoms with Gasteiger partial charge < -0.3 is 19.3 Å². The van der Waals surface area contributed by atoms with E-state index < -0.39 is 30.1 Å². The molecule has 1 aliphatic carbocycles. The number of carbonyl (C=O) groups is 2. The lowest BCUT2D eigenvalue weighted by Crippen LogP contribution is -2.38. The molecule has 3 aliphatic rings. The molecule has 0 aromatic carbocycles. The minimum absolute atomic E-state index is 0.210. The average molecular weight is 362 g/mol. The van der Waals surface area contributed by atoms with Crippen molar-refractivity contribution in [2.45, 2.75) is 63.9 Å². The summed E-state index contributed by atoms with van der Waals surface area (Å²) in [7, 11) is 0. The minimum Gasteiger partial charge on any atom is -0.458 e. The lowest BCUT2D eigenvalue weighted by atomic mass is 9.82. The highest BCUT2D eigenvalue weighted by molar-refractivity contribution is 5.91. The fourth-order valence-electron chi connectivity index (χ4n) is 3.86. The van der Waals surface area contributed by atoms with Crippen LogP contribution in [0.3, 0.4) is 0 Å². The first kappa shape index (κ1) is 18.9. The molecule has 2 fully saturated rings. The summed E-state index contributed by atoms with van der Waals surface area (Å²) in [4.78, 5) is 24.6. The summed E-state index contributed by atoms with van der Waals surface area (Å²) in [6, 6.07) is 0. The quantitative estimate of drug-likeness (QED) is 0.359. The zero-order valence-corrected chi connectivity index (χ0v) is 15.5. The van der Waals surface area contributed by atoms with E-state index in [2.05, 4.69) is 12.7 Å². The van der Waals surface area contributed by atoms with E-state index in [-0.39, 0.29) is 18.3 Å². The predicted molar refractivity (Wildman–Crippen MR) is 94.1 cm³/mol. The Balaban J connectivity index is 1.92. The van der Waals surface area contributed by atoms with E-state index in [0.717, 1.165) is 18.4 Å². The van der Waals surface area contributed by atoms with Gasteiger partial charge in [0.25, 0.3) is 0 Å². The summed E-state index contributed by atoms with van der Waals surface area (Å²) in [6.07, 6.45) is 4.45. The van der Waals surface area contributed by atoms with Gasteiger partial charge in [0.1, 0.15) is 18.3 Å². The fourth-order valence-corrected chi connectivity index (χ4v) is 3.86. The molecule has 2 unspecified atom stereocenters. The molecule has 1 N–H and O–H groups in total. The van der Waals surface area contributed by atoms with E-state index in [1.165, 1.54) is 6.08 Å². The van der Waals surface area contributed by atoms with Gasteiger partial charge in [-0.3, -0.25) is 0 Å². The van der Waals surface area contributed by atoms with Crippen molar-refractivity contribution in [3.05, 3.63) is 35.5 Å². The van der Waals surface area contributed by atoms with Crippen LogP contribution >= 0.6 is 0 Å². The summed E-state index contributed by atoms with van der Waals surface area (Å²) >= 11 is 0. The van der Waals surface area contributed by atoms with E-state index in [1.807, 2.05) is 13.8 Å². The normalized spacial score (nSPS) is 39.2. The monoisotopic (exact) mass is 362 g/mol. The Hall–Kier alpha value is -1.92. The van der Waals surface area contributed by atoms with Crippen molar-refractivity contribution in [1.82, 2.24) is 0 Å². The van der Waals surface area contributed by atoms with Crippen molar-refractivity contribution in [3.8, 4) is 0 Å². The molecule has 0 saturated carbocycles. The van der Waals surface area contributed by atoms with E-state index in [0.29, 0.717) is 17.6 Å². The molecule has 0 aromatic heterocycles. The van der Waals surface area contributed by atoms with Gasteiger partial charge in [-0.1, -0.05) is 18.2 Å². The Morgan fingerprint density at radius 2 is 2.27 bits per heavy atom. The van der Waals surface area contributed by atoms with Crippen LogP contribution in [0.4, 0.5) is 0 Å². The third-order valence-electron chi connectivity index (χ3n) is 5.54. The third kappa shape index (κ3) is 3.48. The first-order valence-electron chi connectivity index (χ1n) is 8.98. The molecule has 6 nitrogen and oxygen atoms in total. The molecule has 5 atom stereocenters. The Morgan fingerprint density at radius 3 is 2.96 bits per heavy atom. The van der Waals surface area contributed by atoms with Gasteiger partial charge >= 0.3 is 11.9 Å². The van der Waals surface area contributed by atoms with Gasteiger partial charge in [-0.15, -0.1) is 0 Å². The van der Waals surface area contributed by atoms with Crippen molar-refractivity contribution in [2.75, 3.05) is 6.61 Å². The number of carbonyl (C=O) groups excluding carboxylic acids is 2. The topological polar surface area (TPSA) is 85.4 Å². The SMILES string of the molecule is C=C1C(=O)O[C@H]2C1[C@H](OC(=O)/C(C)=C/CO)C/C(C)=C/CC[C@@]1(C)OC21. The predicted octanol–water partition coefficient (Wildman–Crippen LogP) is 2.22. The lowest BCUT2D eigenvalue weighted by molar-refractivity contribution is -0.148. The number of aliphatic hydroxyl groups excluding tert-OH is 1. The van der Waals surface area contributed by atoms with E-state index in [9.17, 15) is 9.59 Å². The highest BCUT2D eigenvalue weighted by atomic mass is 16.6. The zero-order valence-electron chi connectivity index (χ0n) is 15.5. The zero-order chi connectivity index (χ0) is 19.1. The van der Waals surface area contributed by atoms with Gasteiger partial charge in [-0.2, -0.15) is 0 Å². The summed E-state index contributed by atoms with van der Waals surface area (Å²) in [5, 5.41) is 8.99. The van der Waals surface area contributed by atoms with Crippen LogP contribution in [-0.4, -0.2) is 47.6 Å². The van der Waals surface area contributed by atoms with E-state index in [1.54, 1.807) is 6.92 Å². The standard InChI is InChI=1S/C20H26O6/c1-11-6-5-8-20(4)17(26-20)16-15(13(3)19(23)25-16)14(10-11)24-18(22)12(2)7-9-21/h6-7,14-17,21H,3,5,8-10H2,1-2,4H3/b11-6+,12-7+/t14-,15?,16+,17?,20-/m1/s1. The van der Waals surface area contributed by atoms with Gasteiger partial charge in [-0.25, -0.2) is 9.59 Å². The number of rotatable bonds is 3. The molecule has 2 saturated heterocycles. The maximum absolute atomic E-state index is 12.4. The van der Waals surface area contributed by atoms with Crippen LogP contribution in [0.2, 0.25) is 0 Å². The summed E-state index contributed by atoms with van der Waals surface area (Å²) in [5.74, 6) is -1.41. The van der Waals surface area contributed by atoms with Crippen LogP contribution in [0.5, 0.6) is 0 Å². The number of esters is 2. The Labute approximate surface area is 153 Å². The molecule has 26 heavy (non-hydrogen) atoms. The second-order valence-corrected chi connectivity index (χ2v) is 7.58. The van der Waals surface area contributed by atoms with E-state index >= 15 is 0 Å². The highest BCUT2D eigenvalue weighted by Gasteiger charge is 2.63. The van der Waals surface area contributed by atoms with Gasteiger partial charge in [-0.05, 0) is 39.7 Å². The minimum atomic E-state index is -0.573. The smallest absolute Gasteiger partial charge is 0.334 e. The van der Waals surface area contributed by atoms with Crippen LogP contribution in [0.1, 0.15) is 40.0 Å². The molecule has 142 valence electrons. The second kappa shape index (κ2) is 7.00. The first-order valence-corrected chi connectivity index (χ1v) is 8.98. The Morgan fingerprint density at radius 1 is 1.54 bits per heavy atom. The number of ether oxygens (including phenoxy) is 3. The van der Waals surface area contributed by atoms with E-state index in [4.69, 9.17) is 19.3 Å². The summed E-state index contributed by atoms with van der Waals surface area (Å²) in [6.45, 7) is 9.25. The molecule has 6 heteroatoms. The molecule has 0 radical (unpaired) electrons. The molecule has 0 amide bonds. The maximum atomic E-state index is 12.4. The van der Waals surface area contributed by atoms with Gasteiger partial charge in [0.05, 0.1) is 18.1 Å². The van der Waals surface area contributed by atoms with Crippen LogP contribution in [-0.2, 0) is 23.8 Å². The molecule has 2 aliphatic heterocycles. The molecule has 2 heterocycles. The van der Waals surface area contributed by atoms with Crippen LogP contribution in [0, 0.1) is 5.92 Å². The van der Waals surface area contributed by atoms with Gasteiger partial charge in [0.15, 0.2) is 0 Å². The molecule has 0 aromatic rings. The number of fused-ring (bicyclic) bond motifs is 3. The van der Waals surface area contributed by atoms with Gasteiger partial charge in [0, 0.05) is 17.6 Å². The Bertz CT molecular complexity index is 690. The third-order valence-corrected chi connectivity index (χ3v) is 5.54. The van der Waals surface area contributed by atoms with Crippen LogP contribution < -0.4 is 0 Å². The van der Waals surface area contributed by atoms with Crippen molar-refractivity contribution in [3.63, 3.8) is 0 Å². The van der Waals surface area contributed by atoms with Crippen LogP contribution in [0.25, 0.3) is 0 Å². The van der Waals surface area contributed by atoms with Crippen LogP contribution in [0.15, 0.2) is 35.5 Å². The molecule has 0 bridgehead atoms. The second-order valence-electron chi connectivity index (χ2n) is 7.58. The van der Waals surface area contributed by atoms with Crippen molar-refractivity contribution >= 4 is 11.9 Å². The molecular formula is C20H26O6. The maximum Gasteiger partial charge on any atom is 0.334 e. The number of epoxide rings is 1. The van der Waals surface area contributed by atoms with Crippen molar-refractivity contribution < 1.29 is 28.9 Å². The molecular weight excluding hydrogens is 336 g/mol. The summed E-state index contributed by atoms with van der Waals surface area (Å²) < 4.78 is 17.2. The largest absolute Gasteiger partial charge is 0.458 e. The summed E-state index contributed by atoms with van der Waals surface area (Å²) in [5.41, 5.74) is 1.40. The number of allylic oxidation sites excluding steroid dienone is 1. The lowest BCUT2D eigenvalue weighted by Gasteiger charge is -2.28. The van der Waals surface area contributed by atoms with Crippen molar-refractivity contribution in [2.24, 2.45) is 5.92 Å². The number of aliphatic hydroxyl groups is 1. The van der Waals surface area contributed by atoms with Gasteiger partial charge in [0.2, 0.25) is 0 Å². The average Bonchev–Trinajstić information content (AvgIpc) is 3.15. The first-order chi connectivity index (χ1) is 12.3. The molecule has 3 rings (SSSR count). The number of hydrogen-bond donors (Lipinski definition) is 1. The number of hydrogen-bond acceptors (Lipinski definition) is 6. The highest BCUT2D eigenvalue weighted by Crippen LogP contribution is 2.50.